The number of hydrogen-bond donors (Lipinski definition) is 1. The predicted molar refractivity (Wildman–Crippen MR) is 73.0 cm³/mol. The average Bonchev–Trinajstić information content (AvgIpc) is 2.93. The first-order valence-corrected chi connectivity index (χ1v) is 6.92. The van der Waals surface area contributed by atoms with Gasteiger partial charge >= 0.3 is 0 Å². The van der Waals surface area contributed by atoms with Crippen LogP contribution >= 0.6 is 0 Å². The molecule has 0 aliphatic carbocycles. The number of piperidine rings is 1. The van der Waals surface area contributed by atoms with Crippen LogP contribution in [0.25, 0.3) is 0 Å². The van der Waals surface area contributed by atoms with Crippen LogP contribution in [0.2, 0.25) is 0 Å². The molecule has 0 radical (unpaired) electrons. The highest BCUT2D eigenvalue weighted by atomic mass is 16.2. The van der Waals surface area contributed by atoms with E-state index in [1.807, 2.05) is 12.1 Å². The fourth-order valence-corrected chi connectivity index (χ4v) is 2.90. The molecule has 1 N–H and O–H groups in total. The van der Waals surface area contributed by atoms with Crippen molar-refractivity contribution in [2.75, 3.05) is 18.0 Å². The van der Waals surface area contributed by atoms with Crippen molar-refractivity contribution in [3.05, 3.63) is 29.8 Å². The van der Waals surface area contributed by atoms with Crippen LogP contribution in [0.3, 0.4) is 0 Å². The van der Waals surface area contributed by atoms with Crippen LogP contribution in [-0.4, -0.2) is 24.9 Å². The SMILES string of the molecule is O=C1CCC(c2ccc(N3CCCC3)cc2)C(=O)N1. The smallest absolute Gasteiger partial charge is 0.234 e. The molecule has 0 saturated carbocycles. The van der Waals surface area contributed by atoms with Gasteiger partial charge in [0.05, 0.1) is 5.92 Å². The summed E-state index contributed by atoms with van der Waals surface area (Å²) in [6.45, 7) is 2.25. The van der Waals surface area contributed by atoms with Crippen molar-refractivity contribution in [2.24, 2.45) is 0 Å². The third-order valence-electron chi connectivity index (χ3n) is 4.01. The van der Waals surface area contributed by atoms with Gasteiger partial charge in [-0.3, -0.25) is 14.9 Å². The molecule has 0 spiro atoms. The maximum Gasteiger partial charge on any atom is 0.234 e. The number of carbonyl (C=O) groups is 2. The summed E-state index contributed by atoms with van der Waals surface area (Å²) in [7, 11) is 0. The van der Waals surface area contributed by atoms with E-state index >= 15 is 0 Å². The Kier molecular flexibility index (Phi) is 3.23. The summed E-state index contributed by atoms with van der Waals surface area (Å²) in [6, 6.07) is 8.22. The first-order valence-electron chi connectivity index (χ1n) is 6.92. The highest BCUT2D eigenvalue weighted by Crippen LogP contribution is 2.27. The molecule has 2 saturated heterocycles. The summed E-state index contributed by atoms with van der Waals surface area (Å²) in [5.74, 6) is -0.495. The Morgan fingerprint density at radius 2 is 1.74 bits per heavy atom. The molecule has 2 aliphatic rings. The van der Waals surface area contributed by atoms with Crippen LogP contribution in [0, 0.1) is 0 Å². The van der Waals surface area contributed by atoms with E-state index in [1.165, 1.54) is 18.5 Å². The van der Waals surface area contributed by atoms with Gasteiger partial charge in [0.1, 0.15) is 0 Å². The number of anilines is 1. The quantitative estimate of drug-likeness (QED) is 0.823. The van der Waals surface area contributed by atoms with Gasteiger partial charge in [0.15, 0.2) is 0 Å². The molecular weight excluding hydrogens is 240 g/mol. The van der Waals surface area contributed by atoms with E-state index in [4.69, 9.17) is 0 Å². The Bertz CT molecular complexity index is 489. The molecular formula is C15H18N2O2. The molecule has 1 aromatic rings. The molecule has 0 aromatic heterocycles. The lowest BCUT2D eigenvalue weighted by Gasteiger charge is -2.22. The van der Waals surface area contributed by atoms with E-state index in [9.17, 15) is 9.59 Å². The summed E-state index contributed by atoms with van der Waals surface area (Å²) in [4.78, 5) is 25.3. The fourth-order valence-electron chi connectivity index (χ4n) is 2.90. The van der Waals surface area contributed by atoms with Crippen molar-refractivity contribution in [2.45, 2.75) is 31.6 Å². The van der Waals surface area contributed by atoms with Crippen LogP contribution in [0.15, 0.2) is 24.3 Å². The summed E-state index contributed by atoms with van der Waals surface area (Å²) in [5, 5.41) is 2.41. The third-order valence-corrected chi connectivity index (χ3v) is 4.01. The monoisotopic (exact) mass is 258 g/mol. The zero-order chi connectivity index (χ0) is 13.2. The normalized spacial score (nSPS) is 23.6. The Balaban J connectivity index is 1.75. The molecule has 2 aliphatic heterocycles. The molecule has 2 fully saturated rings. The van der Waals surface area contributed by atoms with Crippen molar-refractivity contribution >= 4 is 17.5 Å². The molecule has 19 heavy (non-hydrogen) atoms. The molecule has 2 heterocycles. The van der Waals surface area contributed by atoms with Gasteiger partial charge in [-0.2, -0.15) is 0 Å². The minimum Gasteiger partial charge on any atom is -0.372 e. The van der Waals surface area contributed by atoms with E-state index in [2.05, 4.69) is 22.3 Å². The van der Waals surface area contributed by atoms with E-state index in [0.29, 0.717) is 12.8 Å². The highest BCUT2D eigenvalue weighted by Gasteiger charge is 2.27. The van der Waals surface area contributed by atoms with Crippen LogP contribution in [0.5, 0.6) is 0 Å². The van der Waals surface area contributed by atoms with Crippen molar-refractivity contribution in [1.29, 1.82) is 0 Å². The topological polar surface area (TPSA) is 49.4 Å². The van der Waals surface area contributed by atoms with Gasteiger partial charge in [-0.25, -0.2) is 0 Å². The Hall–Kier alpha value is -1.84. The van der Waals surface area contributed by atoms with Crippen LogP contribution in [0.4, 0.5) is 5.69 Å². The highest BCUT2D eigenvalue weighted by molar-refractivity contribution is 6.00. The van der Waals surface area contributed by atoms with Gasteiger partial charge in [-0.1, -0.05) is 12.1 Å². The lowest BCUT2D eigenvalue weighted by Crippen LogP contribution is -2.39. The lowest BCUT2D eigenvalue weighted by atomic mass is 9.90. The zero-order valence-corrected chi connectivity index (χ0v) is 10.9. The van der Waals surface area contributed by atoms with Crippen molar-refractivity contribution < 1.29 is 9.59 Å². The van der Waals surface area contributed by atoms with E-state index in [0.717, 1.165) is 18.7 Å². The second kappa shape index (κ2) is 5.03. The van der Waals surface area contributed by atoms with Gasteiger partial charge < -0.3 is 4.90 Å². The zero-order valence-electron chi connectivity index (χ0n) is 10.9. The number of nitrogens with zero attached hydrogens (tertiary/aromatic N) is 1. The maximum atomic E-state index is 11.8. The molecule has 100 valence electrons. The first kappa shape index (κ1) is 12.2. The Morgan fingerprint density at radius 3 is 2.37 bits per heavy atom. The minimum atomic E-state index is -0.176. The molecule has 1 atom stereocenters. The third kappa shape index (κ3) is 2.48. The second-order valence-electron chi connectivity index (χ2n) is 5.29. The number of amides is 2. The number of carbonyl (C=O) groups excluding carboxylic acids is 2. The van der Waals surface area contributed by atoms with E-state index in [-0.39, 0.29) is 17.7 Å². The second-order valence-corrected chi connectivity index (χ2v) is 5.29. The Labute approximate surface area is 112 Å². The minimum absolute atomic E-state index is 0.157. The number of hydrogen-bond acceptors (Lipinski definition) is 3. The van der Waals surface area contributed by atoms with Crippen LogP contribution in [-0.2, 0) is 9.59 Å². The first-order chi connectivity index (χ1) is 9.24. The van der Waals surface area contributed by atoms with E-state index in [1.54, 1.807) is 0 Å². The number of nitrogens with one attached hydrogen (secondary N) is 1. The van der Waals surface area contributed by atoms with Crippen molar-refractivity contribution in [1.82, 2.24) is 5.32 Å². The molecule has 1 aromatic carbocycles. The van der Waals surface area contributed by atoms with Gasteiger partial charge in [0.25, 0.3) is 0 Å². The number of benzene rings is 1. The van der Waals surface area contributed by atoms with Gasteiger partial charge in [-0.15, -0.1) is 0 Å². The standard InChI is InChI=1S/C15H18N2O2/c18-14-8-7-13(15(19)16-14)11-3-5-12(6-4-11)17-9-1-2-10-17/h3-6,13H,1-2,7-10H2,(H,16,18,19). The van der Waals surface area contributed by atoms with Gasteiger partial charge in [0.2, 0.25) is 11.8 Å². The van der Waals surface area contributed by atoms with Gasteiger partial charge in [-0.05, 0) is 37.0 Å². The summed E-state index contributed by atoms with van der Waals surface area (Å²) < 4.78 is 0. The summed E-state index contributed by atoms with van der Waals surface area (Å²) in [5.41, 5.74) is 2.24. The fraction of sp³-hybridized carbons (Fsp3) is 0.467. The van der Waals surface area contributed by atoms with Crippen molar-refractivity contribution in [3.8, 4) is 0 Å². The number of rotatable bonds is 2. The van der Waals surface area contributed by atoms with Gasteiger partial charge in [0, 0.05) is 25.2 Å². The summed E-state index contributed by atoms with van der Waals surface area (Å²) in [6.07, 6.45) is 3.57. The molecule has 2 amide bonds. The van der Waals surface area contributed by atoms with Crippen molar-refractivity contribution in [3.63, 3.8) is 0 Å². The van der Waals surface area contributed by atoms with Crippen LogP contribution < -0.4 is 10.2 Å². The molecule has 0 bridgehead atoms. The molecule has 1 unspecified atom stereocenters. The summed E-state index contributed by atoms with van der Waals surface area (Å²) >= 11 is 0. The largest absolute Gasteiger partial charge is 0.372 e. The number of imide groups is 1. The molecule has 4 heteroatoms. The van der Waals surface area contributed by atoms with E-state index < -0.39 is 0 Å². The average molecular weight is 258 g/mol. The lowest BCUT2D eigenvalue weighted by molar-refractivity contribution is -0.134. The Morgan fingerprint density at radius 1 is 1.05 bits per heavy atom. The molecule has 4 nitrogen and oxygen atoms in total. The predicted octanol–water partition coefficient (Wildman–Crippen LogP) is 1.81. The maximum absolute atomic E-state index is 11.8. The molecule has 3 rings (SSSR count). The van der Waals surface area contributed by atoms with Crippen LogP contribution in [0.1, 0.15) is 37.2 Å².